The number of nitrogen functional groups attached to an aromatic ring is 1. The van der Waals surface area contributed by atoms with Gasteiger partial charge in [-0.1, -0.05) is 30.3 Å². The van der Waals surface area contributed by atoms with Crippen molar-refractivity contribution in [3.63, 3.8) is 0 Å². The van der Waals surface area contributed by atoms with E-state index in [-0.39, 0.29) is 0 Å². The normalized spacial score (nSPS) is 10.5. The van der Waals surface area contributed by atoms with E-state index in [1.165, 1.54) is 11.3 Å². The molecule has 118 valence electrons. The highest BCUT2D eigenvalue weighted by Gasteiger charge is 2.11. The van der Waals surface area contributed by atoms with Gasteiger partial charge in [0.05, 0.1) is 11.4 Å². The molecule has 0 fully saturated rings. The van der Waals surface area contributed by atoms with Crippen LogP contribution in [0.3, 0.4) is 0 Å². The molecule has 0 aliphatic carbocycles. The van der Waals surface area contributed by atoms with Gasteiger partial charge in [-0.2, -0.15) is 0 Å². The zero-order chi connectivity index (χ0) is 15.9. The third-order valence-electron chi connectivity index (χ3n) is 4.08. The van der Waals surface area contributed by atoms with Gasteiger partial charge in [0.2, 0.25) is 0 Å². The first-order chi connectivity index (χ1) is 10.7. The Bertz CT molecular complexity index is 576. The summed E-state index contributed by atoms with van der Waals surface area (Å²) in [5.41, 5.74) is 10.8. The van der Waals surface area contributed by atoms with Gasteiger partial charge < -0.3 is 15.5 Å². The molecule has 0 aromatic heterocycles. The van der Waals surface area contributed by atoms with Crippen LogP contribution < -0.4 is 15.5 Å². The fourth-order valence-corrected chi connectivity index (χ4v) is 2.79. The van der Waals surface area contributed by atoms with Gasteiger partial charge in [0.25, 0.3) is 0 Å². The summed E-state index contributed by atoms with van der Waals surface area (Å²) in [4.78, 5) is 4.63. The second-order valence-corrected chi connectivity index (χ2v) is 5.42. The highest BCUT2D eigenvalue weighted by Crippen LogP contribution is 2.29. The highest BCUT2D eigenvalue weighted by molar-refractivity contribution is 5.73. The lowest BCUT2D eigenvalue weighted by atomic mass is 10.1. The van der Waals surface area contributed by atoms with Crippen LogP contribution in [0.2, 0.25) is 0 Å². The fraction of sp³-hybridized carbons (Fsp3) is 0.368. The van der Waals surface area contributed by atoms with Crippen LogP contribution in [0.1, 0.15) is 26.3 Å². The summed E-state index contributed by atoms with van der Waals surface area (Å²) in [6.07, 6.45) is 0. The molecular weight excluding hydrogens is 270 g/mol. The topological polar surface area (TPSA) is 32.5 Å². The molecule has 0 spiro atoms. The number of nitrogens with zero attached hydrogens (tertiary/aromatic N) is 2. The highest BCUT2D eigenvalue weighted by atomic mass is 15.1. The Hall–Kier alpha value is -2.16. The van der Waals surface area contributed by atoms with Crippen LogP contribution in [-0.2, 0) is 6.54 Å². The first-order valence-corrected chi connectivity index (χ1v) is 8.12. The summed E-state index contributed by atoms with van der Waals surface area (Å²) in [5.74, 6) is 0. The number of hydrogen-bond acceptors (Lipinski definition) is 3. The molecule has 0 bridgehead atoms. The molecule has 2 aromatic carbocycles. The summed E-state index contributed by atoms with van der Waals surface area (Å²) < 4.78 is 0. The summed E-state index contributed by atoms with van der Waals surface area (Å²) in [6, 6.07) is 16.9. The number of benzene rings is 2. The fourth-order valence-electron chi connectivity index (χ4n) is 2.79. The second kappa shape index (κ2) is 7.74. The van der Waals surface area contributed by atoms with Crippen LogP contribution >= 0.6 is 0 Å². The molecule has 0 saturated carbocycles. The molecule has 3 heteroatoms. The van der Waals surface area contributed by atoms with Gasteiger partial charge in [0.1, 0.15) is 0 Å². The summed E-state index contributed by atoms with van der Waals surface area (Å²) in [6.45, 7) is 10.3. The van der Waals surface area contributed by atoms with E-state index in [9.17, 15) is 0 Å². The first-order valence-electron chi connectivity index (χ1n) is 8.12. The Balaban J connectivity index is 2.22. The maximum Gasteiger partial charge on any atom is 0.0604 e. The molecule has 2 N–H and O–H groups in total. The minimum Gasteiger partial charge on any atom is -0.397 e. The smallest absolute Gasteiger partial charge is 0.0604 e. The van der Waals surface area contributed by atoms with Gasteiger partial charge in [0.15, 0.2) is 0 Å². The molecular formula is C19H27N3. The van der Waals surface area contributed by atoms with E-state index in [1.54, 1.807) is 0 Å². The van der Waals surface area contributed by atoms with E-state index in [1.807, 2.05) is 6.07 Å². The van der Waals surface area contributed by atoms with Crippen LogP contribution in [-0.4, -0.2) is 19.6 Å². The number of rotatable bonds is 7. The quantitative estimate of drug-likeness (QED) is 0.780. The minimum absolute atomic E-state index is 0.849. The van der Waals surface area contributed by atoms with Crippen LogP contribution in [0.15, 0.2) is 48.5 Å². The summed E-state index contributed by atoms with van der Waals surface area (Å²) >= 11 is 0. The van der Waals surface area contributed by atoms with E-state index in [0.717, 1.165) is 37.6 Å². The molecule has 0 heterocycles. The molecule has 0 aliphatic rings. The van der Waals surface area contributed by atoms with Crippen LogP contribution in [0.4, 0.5) is 17.1 Å². The predicted octanol–water partition coefficient (Wildman–Crippen LogP) is 4.14. The lowest BCUT2D eigenvalue weighted by molar-refractivity contribution is 0.831. The zero-order valence-corrected chi connectivity index (χ0v) is 13.9. The van der Waals surface area contributed by atoms with Gasteiger partial charge in [-0.05, 0) is 44.5 Å². The Morgan fingerprint density at radius 3 is 2.00 bits per heavy atom. The van der Waals surface area contributed by atoms with Crippen LogP contribution in [0.25, 0.3) is 0 Å². The Morgan fingerprint density at radius 2 is 1.45 bits per heavy atom. The molecule has 0 amide bonds. The van der Waals surface area contributed by atoms with Gasteiger partial charge in [-0.3, -0.25) is 0 Å². The molecule has 0 unspecified atom stereocenters. The summed E-state index contributed by atoms with van der Waals surface area (Å²) in [7, 11) is 0. The average Bonchev–Trinajstić information content (AvgIpc) is 2.55. The third-order valence-corrected chi connectivity index (χ3v) is 4.08. The number of hydrogen-bond donors (Lipinski definition) is 1. The van der Waals surface area contributed by atoms with Crippen molar-refractivity contribution in [3.8, 4) is 0 Å². The van der Waals surface area contributed by atoms with Crippen LogP contribution in [0, 0.1) is 0 Å². The Labute approximate surface area is 134 Å². The maximum atomic E-state index is 6.33. The second-order valence-electron chi connectivity index (χ2n) is 5.42. The molecule has 3 nitrogen and oxygen atoms in total. The van der Waals surface area contributed by atoms with E-state index < -0.39 is 0 Å². The van der Waals surface area contributed by atoms with Crippen molar-refractivity contribution in [2.45, 2.75) is 27.3 Å². The SMILES string of the molecule is CCN(CC)c1ccc(N(CC)Cc2ccccc2)c(N)c1. The number of anilines is 3. The Morgan fingerprint density at radius 1 is 0.818 bits per heavy atom. The van der Waals surface area contributed by atoms with Crippen LogP contribution in [0.5, 0.6) is 0 Å². The van der Waals surface area contributed by atoms with Crippen molar-refractivity contribution in [3.05, 3.63) is 54.1 Å². The minimum atomic E-state index is 0.849. The molecule has 22 heavy (non-hydrogen) atoms. The molecule has 2 rings (SSSR count). The standard InChI is InChI=1S/C19H27N3/c1-4-21(5-2)17-12-13-19(18(20)14-17)22(6-3)15-16-10-8-7-9-11-16/h7-14H,4-6,15,20H2,1-3H3. The molecule has 2 aromatic rings. The number of nitrogens with two attached hydrogens (primary N) is 1. The van der Waals surface area contributed by atoms with Gasteiger partial charge in [0, 0.05) is 31.9 Å². The van der Waals surface area contributed by atoms with Crippen molar-refractivity contribution < 1.29 is 0 Å². The first kappa shape index (κ1) is 16.2. The largest absolute Gasteiger partial charge is 0.397 e. The lowest BCUT2D eigenvalue weighted by Crippen LogP contribution is -2.24. The average molecular weight is 297 g/mol. The van der Waals surface area contributed by atoms with E-state index in [2.05, 4.69) is 73.0 Å². The molecule has 0 saturated heterocycles. The van der Waals surface area contributed by atoms with E-state index in [0.29, 0.717) is 0 Å². The van der Waals surface area contributed by atoms with Crippen molar-refractivity contribution in [1.29, 1.82) is 0 Å². The third kappa shape index (κ3) is 3.73. The van der Waals surface area contributed by atoms with Gasteiger partial charge >= 0.3 is 0 Å². The van der Waals surface area contributed by atoms with Gasteiger partial charge in [-0.25, -0.2) is 0 Å². The molecule has 0 atom stereocenters. The molecule has 0 radical (unpaired) electrons. The van der Waals surface area contributed by atoms with Crippen molar-refractivity contribution >= 4 is 17.1 Å². The van der Waals surface area contributed by atoms with E-state index >= 15 is 0 Å². The monoisotopic (exact) mass is 297 g/mol. The zero-order valence-electron chi connectivity index (χ0n) is 13.9. The van der Waals surface area contributed by atoms with Crippen molar-refractivity contribution in [1.82, 2.24) is 0 Å². The van der Waals surface area contributed by atoms with E-state index in [4.69, 9.17) is 5.73 Å². The van der Waals surface area contributed by atoms with Gasteiger partial charge in [-0.15, -0.1) is 0 Å². The Kier molecular flexibility index (Phi) is 5.70. The van der Waals surface area contributed by atoms with Crippen molar-refractivity contribution in [2.24, 2.45) is 0 Å². The predicted molar refractivity (Wildman–Crippen MR) is 97.6 cm³/mol. The molecule has 0 aliphatic heterocycles. The summed E-state index contributed by atoms with van der Waals surface area (Å²) in [5, 5.41) is 0. The van der Waals surface area contributed by atoms with Crippen molar-refractivity contribution in [2.75, 3.05) is 35.2 Å². The maximum absolute atomic E-state index is 6.33. The lowest BCUT2D eigenvalue weighted by Gasteiger charge is -2.27.